The van der Waals surface area contributed by atoms with E-state index in [1.165, 1.54) is 108 Å². The average Bonchev–Trinajstić information content (AvgIpc) is 3.81. The second-order valence-electron chi connectivity index (χ2n) is 17.6. The van der Waals surface area contributed by atoms with Crippen LogP contribution in [0.3, 0.4) is 0 Å². The summed E-state index contributed by atoms with van der Waals surface area (Å²) in [6, 6.07) is 95.8. The van der Waals surface area contributed by atoms with E-state index in [-0.39, 0.29) is 0 Å². The first-order valence-electron chi connectivity index (χ1n) is 23.3. The van der Waals surface area contributed by atoms with E-state index in [0.717, 1.165) is 17.1 Å². The third-order valence-corrected chi connectivity index (χ3v) is 14.9. The maximum Gasteiger partial charge on any atom is 0.0624 e. The van der Waals surface area contributed by atoms with Crippen molar-refractivity contribution in [3.8, 4) is 55.6 Å². The summed E-state index contributed by atoms with van der Waals surface area (Å²) >= 11 is 1.88. The molecule has 0 aliphatic heterocycles. The second kappa shape index (κ2) is 16.7. The first-order valence-corrected chi connectivity index (χ1v) is 24.1. The number of hydrogen-bond acceptors (Lipinski definition) is 2. The Hall–Kier alpha value is -8.56. The van der Waals surface area contributed by atoms with Crippen molar-refractivity contribution in [3.63, 3.8) is 0 Å². The molecule has 68 heavy (non-hydrogen) atoms. The lowest BCUT2D eigenvalue weighted by Gasteiger charge is -2.31. The van der Waals surface area contributed by atoms with Gasteiger partial charge in [-0.25, -0.2) is 0 Å². The molecule has 0 saturated heterocycles. The van der Waals surface area contributed by atoms with E-state index in [0.29, 0.717) is 0 Å². The molecule has 0 aliphatic rings. The Morgan fingerprint density at radius 1 is 0.265 bits per heavy atom. The summed E-state index contributed by atoms with van der Waals surface area (Å²) in [6.07, 6.45) is 0. The lowest BCUT2D eigenvalue weighted by Crippen LogP contribution is -2.12. The normalized spacial score (nSPS) is 11.5. The SMILES string of the molecule is c1ccc(-c2ccccc2-c2ccc(-c3ccc(N(c4ccc(-c5cccc6c5sc5ccccc56)cc4)c4c(-c5ccc6ccccc6c5)c5ccccc5c5ccccc45)cc3)cc2)cc1. The lowest BCUT2D eigenvalue weighted by atomic mass is 9.89. The van der Waals surface area contributed by atoms with E-state index in [2.05, 4.69) is 266 Å². The van der Waals surface area contributed by atoms with Crippen LogP contribution in [0.15, 0.2) is 261 Å². The average molecular weight is 882 g/mol. The van der Waals surface area contributed by atoms with Gasteiger partial charge in [0.15, 0.2) is 0 Å². The minimum Gasteiger partial charge on any atom is -0.309 e. The molecule has 1 heterocycles. The molecular formula is C66H43NS. The van der Waals surface area contributed by atoms with Crippen LogP contribution in [-0.4, -0.2) is 0 Å². The van der Waals surface area contributed by atoms with Gasteiger partial charge in [0.1, 0.15) is 0 Å². The van der Waals surface area contributed by atoms with Crippen LogP contribution in [0.2, 0.25) is 0 Å². The van der Waals surface area contributed by atoms with Gasteiger partial charge in [0.05, 0.1) is 5.69 Å². The van der Waals surface area contributed by atoms with E-state index < -0.39 is 0 Å². The standard InChI is InChI=1S/C66H43NS/c1-2-16-47(17-3-1)54-19-6-7-20-55(54)48-32-29-45(30-33-48)46-35-39-52(40-36-46)67(53-41-37-49(38-42-53)56-26-14-27-62-59-23-12-13-28-63(59)68-66(56)62)65-61-25-11-9-22-58(61)57-21-8-10-24-60(57)64(65)51-34-31-44-15-4-5-18-50(44)43-51/h1-43H. The number of thiophene rings is 1. The zero-order valence-corrected chi connectivity index (χ0v) is 38.0. The summed E-state index contributed by atoms with van der Waals surface area (Å²) in [5.74, 6) is 0. The Balaban J connectivity index is 0.981. The van der Waals surface area contributed by atoms with Crippen LogP contribution in [0.1, 0.15) is 0 Å². The summed E-state index contributed by atoms with van der Waals surface area (Å²) in [4.78, 5) is 2.50. The van der Waals surface area contributed by atoms with E-state index in [9.17, 15) is 0 Å². The molecule has 0 N–H and O–H groups in total. The van der Waals surface area contributed by atoms with E-state index >= 15 is 0 Å². The van der Waals surface area contributed by atoms with Crippen LogP contribution in [0.25, 0.3) is 108 Å². The highest BCUT2D eigenvalue weighted by Gasteiger charge is 2.24. The van der Waals surface area contributed by atoms with Gasteiger partial charge in [0.25, 0.3) is 0 Å². The van der Waals surface area contributed by atoms with Gasteiger partial charge >= 0.3 is 0 Å². The number of anilines is 3. The number of fused-ring (bicyclic) bond motifs is 7. The van der Waals surface area contributed by atoms with Crippen LogP contribution < -0.4 is 4.90 Å². The maximum atomic E-state index is 2.50. The highest BCUT2D eigenvalue weighted by atomic mass is 32.1. The highest BCUT2D eigenvalue weighted by molar-refractivity contribution is 7.26. The lowest BCUT2D eigenvalue weighted by molar-refractivity contribution is 1.30. The third-order valence-electron chi connectivity index (χ3n) is 13.7. The van der Waals surface area contributed by atoms with Crippen LogP contribution >= 0.6 is 11.3 Å². The highest BCUT2D eigenvalue weighted by Crippen LogP contribution is 2.50. The molecule has 0 saturated carbocycles. The van der Waals surface area contributed by atoms with E-state index in [1.54, 1.807) is 0 Å². The van der Waals surface area contributed by atoms with Crippen molar-refractivity contribution < 1.29 is 0 Å². The second-order valence-corrected chi connectivity index (χ2v) is 18.6. The Kier molecular flexibility index (Phi) is 9.77. The van der Waals surface area contributed by atoms with Gasteiger partial charge in [-0.2, -0.15) is 0 Å². The quantitative estimate of drug-likeness (QED) is 0.137. The Morgan fingerprint density at radius 2 is 0.721 bits per heavy atom. The van der Waals surface area contributed by atoms with E-state index in [4.69, 9.17) is 0 Å². The molecule has 318 valence electrons. The molecule has 0 amide bonds. The molecular weight excluding hydrogens is 839 g/mol. The number of nitrogens with zero attached hydrogens (tertiary/aromatic N) is 1. The van der Waals surface area contributed by atoms with Gasteiger partial charge in [-0.05, 0) is 113 Å². The summed E-state index contributed by atoms with van der Waals surface area (Å²) in [7, 11) is 0. The van der Waals surface area contributed by atoms with Crippen molar-refractivity contribution in [1.82, 2.24) is 0 Å². The van der Waals surface area contributed by atoms with Crippen molar-refractivity contribution in [2.75, 3.05) is 4.90 Å². The van der Waals surface area contributed by atoms with Gasteiger partial charge in [-0.3, -0.25) is 0 Å². The predicted molar refractivity (Wildman–Crippen MR) is 294 cm³/mol. The van der Waals surface area contributed by atoms with Gasteiger partial charge in [0, 0.05) is 42.5 Å². The molecule has 0 radical (unpaired) electrons. The molecule has 1 nitrogen and oxygen atoms in total. The van der Waals surface area contributed by atoms with Crippen molar-refractivity contribution >= 4 is 80.9 Å². The molecule has 1 aromatic heterocycles. The summed E-state index contributed by atoms with van der Waals surface area (Å²) in [6.45, 7) is 0. The molecule has 0 aliphatic carbocycles. The first-order chi connectivity index (χ1) is 33.7. The van der Waals surface area contributed by atoms with Crippen LogP contribution in [0, 0.1) is 0 Å². The van der Waals surface area contributed by atoms with Gasteiger partial charge in [-0.1, -0.05) is 224 Å². The molecule has 12 aromatic carbocycles. The number of rotatable bonds is 8. The van der Waals surface area contributed by atoms with Gasteiger partial charge in [-0.15, -0.1) is 11.3 Å². The van der Waals surface area contributed by atoms with Crippen molar-refractivity contribution in [2.24, 2.45) is 0 Å². The van der Waals surface area contributed by atoms with Crippen LogP contribution in [-0.2, 0) is 0 Å². The minimum atomic E-state index is 1.09. The Morgan fingerprint density at radius 3 is 1.43 bits per heavy atom. The van der Waals surface area contributed by atoms with Crippen molar-refractivity contribution in [1.29, 1.82) is 0 Å². The number of hydrogen-bond donors (Lipinski definition) is 0. The fourth-order valence-corrected chi connectivity index (χ4v) is 11.7. The molecule has 13 rings (SSSR count). The summed E-state index contributed by atoms with van der Waals surface area (Å²) in [5, 5.41) is 9.96. The van der Waals surface area contributed by atoms with Gasteiger partial charge < -0.3 is 4.90 Å². The number of benzene rings is 12. The molecule has 0 spiro atoms. The molecule has 0 unspecified atom stereocenters. The van der Waals surface area contributed by atoms with Crippen molar-refractivity contribution in [3.05, 3.63) is 261 Å². The van der Waals surface area contributed by atoms with E-state index in [1.807, 2.05) is 11.3 Å². The molecule has 0 fully saturated rings. The maximum absolute atomic E-state index is 2.50. The monoisotopic (exact) mass is 881 g/mol. The molecule has 13 aromatic rings. The summed E-state index contributed by atoms with van der Waals surface area (Å²) < 4.78 is 2.64. The fraction of sp³-hybridized carbons (Fsp3) is 0. The smallest absolute Gasteiger partial charge is 0.0624 e. The van der Waals surface area contributed by atoms with Crippen molar-refractivity contribution in [2.45, 2.75) is 0 Å². The largest absolute Gasteiger partial charge is 0.309 e. The molecule has 2 heteroatoms. The topological polar surface area (TPSA) is 3.24 Å². The zero-order chi connectivity index (χ0) is 45.0. The zero-order valence-electron chi connectivity index (χ0n) is 37.2. The molecule has 0 bridgehead atoms. The Bertz CT molecular complexity index is 4000. The minimum absolute atomic E-state index is 1.09. The predicted octanol–water partition coefficient (Wildman–Crippen LogP) is 19.3. The van der Waals surface area contributed by atoms with Gasteiger partial charge in [0.2, 0.25) is 0 Å². The van der Waals surface area contributed by atoms with Crippen LogP contribution in [0.5, 0.6) is 0 Å². The Labute approximate surface area is 400 Å². The fourth-order valence-electron chi connectivity index (χ4n) is 10.4. The first kappa shape index (κ1) is 39.8. The summed E-state index contributed by atoms with van der Waals surface area (Å²) in [5.41, 5.74) is 15.4. The molecule has 0 atom stereocenters. The van der Waals surface area contributed by atoms with Crippen LogP contribution in [0.4, 0.5) is 17.1 Å². The third kappa shape index (κ3) is 6.85.